The SMILES string of the molecule is CNCC1(CN(CCCOC)CCOC)CCC(C)CC1. The summed E-state index contributed by atoms with van der Waals surface area (Å²) < 4.78 is 10.5. The van der Waals surface area contributed by atoms with Crippen LogP contribution in [0.5, 0.6) is 0 Å². The lowest BCUT2D eigenvalue weighted by atomic mass is 9.70. The molecule has 0 bridgehead atoms. The molecule has 1 rings (SSSR count). The molecular weight excluding hydrogens is 264 g/mol. The van der Waals surface area contributed by atoms with Crippen molar-refractivity contribution in [2.45, 2.75) is 39.0 Å². The molecule has 0 radical (unpaired) electrons. The van der Waals surface area contributed by atoms with Crippen molar-refractivity contribution >= 4 is 0 Å². The van der Waals surface area contributed by atoms with E-state index in [-0.39, 0.29) is 0 Å². The van der Waals surface area contributed by atoms with Crippen molar-refractivity contribution in [3.05, 3.63) is 0 Å². The van der Waals surface area contributed by atoms with E-state index in [2.05, 4.69) is 24.2 Å². The van der Waals surface area contributed by atoms with Crippen LogP contribution in [-0.2, 0) is 9.47 Å². The Bertz CT molecular complexity index is 253. The Morgan fingerprint density at radius 3 is 2.33 bits per heavy atom. The van der Waals surface area contributed by atoms with Gasteiger partial charge in [-0.3, -0.25) is 0 Å². The molecule has 4 nitrogen and oxygen atoms in total. The summed E-state index contributed by atoms with van der Waals surface area (Å²) in [7, 11) is 5.66. The molecule has 0 aliphatic heterocycles. The molecule has 1 fully saturated rings. The van der Waals surface area contributed by atoms with Gasteiger partial charge in [0.25, 0.3) is 0 Å². The van der Waals surface area contributed by atoms with Crippen LogP contribution < -0.4 is 5.32 Å². The van der Waals surface area contributed by atoms with Gasteiger partial charge < -0.3 is 19.7 Å². The van der Waals surface area contributed by atoms with Crippen molar-refractivity contribution in [3.63, 3.8) is 0 Å². The highest BCUT2D eigenvalue weighted by Gasteiger charge is 2.35. The lowest BCUT2D eigenvalue weighted by Gasteiger charge is -2.43. The van der Waals surface area contributed by atoms with Gasteiger partial charge in [-0.05, 0) is 37.6 Å². The minimum Gasteiger partial charge on any atom is -0.385 e. The summed E-state index contributed by atoms with van der Waals surface area (Å²) in [5.74, 6) is 0.899. The molecule has 1 aliphatic rings. The minimum absolute atomic E-state index is 0.447. The number of nitrogens with one attached hydrogen (secondary N) is 1. The third-order valence-electron chi connectivity index (χ3n) is 4.88. The molecule has 0 aromatic carbocycles. The zero-order chi connectivity index (χ0) is 15.6. The van der Waals surface area contributed by atoms with Crippen LogP contribution in [0.1, 0.15) is 39.0 Å². The molecule has 126 valence electrons. The van der Waals surface area contributed by atoms with Gasteiger partial charge in [0, 0.05) is 47.0 Å². The Morgan fingerprint density at radius 2 is 1.76 bits per heavy atom. The van der Waals surface area contributed by atoms with Crippen LogP contribution in [0.2, 0.25) is 0 Å². The fourth-order valence-corrected chi connectivity index (χ4v) is 3.54. The zero-order valence-corrected chi connectivity index (χ0v) is 14.6. The highest BCUT2D eigenvalue weighted by Crippen LogP contribution is 2.39. The summed E-state index contributed by atoms with van der Waals surface area (Å²) >= 11 is 0. The molecule has 21 heavy (non-hydrogen) atoms. The van der Waals surface area contributed by atoms with Crippen LogP contribution in [0, 0.1) is 11.3 Å². The first-order valence-corrected chi connectivity index (χ1v) is 8.50. The first-order chi connectivity index (χ1) is 10.2. The fourth-order valence-electron chi connectivity index (χ4n) is 3.54. The molecule has 0 aromatic heterocycles. The topological polar surface area (TPSA) is 33.7 Å². The summed E-state index contributed by atoms with van der Waals surface area (Å²) in [6.07, 6.45) is 6.55. The fraction of sp³-hybridized carbons (Fsp3) is 1.00. The van der Waals surface area contributed by atoms with E-state index in [4.69, 9.17) is 9.47 Å². The molecule has 0 aromatic rings. The van der Waals surface area contributed by atoms with E-state index < -0.39 is 0 Å². The van der Waals surface area contributed by atoms with Crippen LogP contribution in [0.3, 0.4) is 0 Å². The number of methoxy groups -OCH3 is 2. The second-order valence-corrected chi connectivity index (χ2v) is 6.83. The average Bonchev–Trinajstić information content (AvgIpc) is 2.48. The van der Waals surface area contributed by atoms with Gasteiger partial charge in [-0.2, -0.15) is 0 Å². The number of ether oxygens (including phenoxy) is 2. The molecule has 1 aliphatic carbocycles. The Morgan fingerprint density at radius 1 is 1.10 bits per heavy atom. The number of hydrogen-bond donors (Lipinski definition) is 1. The van der Waals surface area contributed by atoms with Gasteiger partial charge in [0.15, 0.2) is 0 Å². The van der Waals surface area contributed by atoms with Gasteiger partial charge in [0.2, 0.25) is 0 Å². The Balaban J connectivity index is 2.57. The van der Waals surface area contributed by atoms with Crippen LogP contribution in [0.25, 0.3) is 0 Å². The third-order valence-corrected chi connectivity index (χ3v) is 4.88. The van der Waals surface area contributed by atoms with E-state index >= 15 is 0 Å². The lowest BCUT2D eigenvalue weighted by molar-refractivity contribution is 0.0639. The molecule has 0 unspecified atom stereocenters. The predicted octanol–water partition coefficient (Wildman–Crippen LogP) is 2.39. The third kappa shape index (κ3) is 7.09. The normalized spacial score (nSPS) is 26.4. The van der Waals surface area contributed by atoms with Gasteiger partial charge >= 0.3 is 0 Å². The molecule has 4 heteroatoms. The standard InChI is InChI=1S/C17H36N2O2/c1-16-6-8-17(9-7-16,14-18-2)15-19(11-13-21-4)10-5-12-20-3/h16,18H,5-15H2,1-4H3. The maximum Gasteiger partial charge on any atom is 0.0589 e. The van der Waals surface area contributed by atoms with Gasteiger partial charge in [-0.25, -0.2) is 0 Å². The highest BCUT2D eigenvalue weighted by molar-refractivity contribution is 4.89. The summed E-state index contributed by atoms with van der Waals surface area (Å²) in [5, 5.41) is 3.44. The van der Waals surface area contributed by atoms with E-state index in [9.17, 15) is 0 Å². The smallest absolute Gasteiger partial charge is 0.0589 e. The zero-order valence-electron chi connectivity index (χ0n) is 14.6. The van der Waals surface area contributed by atoms with E-state index in [0.717, 1.165) is 45.2 Å². The summed E-state index contributed by atoms with van der Waals surface area (Å²) in [5.41, 5.74) is 0.447. The van der Waals surface area contributed by atoms with Crippen LogP contribution in [-0.4, -0.2) is 65.6 Å². The highest BCUT2D eigenvalue weighted by atomic mass is 16.5. The maximum atomic E-state index is 5.29. The van der Waals surface area contributed by atoms with Crippen molar-refractivity contribution < 1.29 is 9.47 Å². The van der Waals surface area contributed by atoms with E-state index in [0.29, 0.717) is 5.41 Å². The molecule has 1 N–H and O–H groups in total. The van der Waals surface area contributed by atoms with Gasteiger partial charge in [0.1, 0.15) is 0 Å². The number of rotatable bonds is 11. The van der Waals surface area contributed by atoms with E-state index in [1.165, 1.54) is 32.2 Å². The van der Waals surface area contributed by atoms with Crippen molar-refractivity contribution in [2.24, 2.45) is 11.3 Å². The van der Waals surface area contributed by atoms with Gasteiger partial charge in [-0.1, -0.05) is 19.8 Å². The Hall–Kier alpha value is -0.160. The molecule has 0 atom stereocenters. The molecular formula is C17H36N2O2. The monoisotopic (exact) mass is 300 g/mol. The molecule has 0 heterocycles. The van der Waals surface area contributed by atoms with E-state index in [1.807, 2.05) is 0 Å². The van der Waals surface area contributed by atoms with Crippen LogP contribution >= 0.6 is 0 Å². The van der Waals surface area contributed by atoms with Crippen molar-refractivity contribution in [1.29, 1.82) is 0 Å². The van der Waals surface area contributed by atoms with Crippen LogP contribution in [0.15, 0.2) is 0 Å². The summed E-state index contributed by atoms with van der Waals surface area (Å²) in [4.78, 5) is 2.58. The second kappa shape index (κ2) is 10.5. The first-order valence-electron chi connectivity index (χ1n) is 8.50. The average molecular weight is 300 g/mol. The summed E-state index contributed by atoms with van der Waals surface area (Å²) in [6, 6.07) is 0. The largest absolute Gasteiger partial charge is 0.385 e. The van der Waals surface area contributed by atoms with Crippen molar-refractivity contribution in [3.8, 4) is 0 Å². The molecule has 0 spiro atoms. The molecule has 1 saturated carbocycles. The second-order valence-electron chi connectivity index (χ2n) is 6.83. The number of nitrogens with zero attached hydrogens (tertiary/aromatic N) is 1. The van der Waals surface area contributed by atoms with Crippen molar-refractivity contribution in [2.75, 3.05) is 60.7 Å². The molecule has 0 saturated heterocycles. The van der Waals surface area contributed by atoms with Crippen LogP contribution in [0.4, 0.5) is 0 Å². The van der Waals surface area contributed by atoms with Gasteiger partial charge in [-0.15, -0.1) is 0 Å². The Kier molecular flexibility index (Phi) is 9.49. The number of hydrogen-bond acceptors (Lipinski definition) is 4. The lowest BCUT2D eigenvalue weighted by Crippen LogP contribution is -2.46. The van der Waals surface area contributed by atoms with Gasteiger partial charge in [0.05, 0.1) is 6.61 Å². The Labute approximate surface area is 131 Å². The summed E-state index contributed by atoms with van der Waals surface area (Å²) in [6.45, 7) is 8.52. The first kappa shape index (κ1) is 18.9. The van der Waals surface area contributed by atoms with E-state index in [1.54, 1.807) is 14.2 Å². The quantitative estimate of drug-likeness (QED) is 0.594. The molecule has 0 amide bonds. The predicted molar refractivity (Wildman–Crippen MR) is 88.8 cm³/mol. The minimum atomic E-state index is 0.447. The van der Waals surface area contributed by atoms with Crippen molar-refractivity contribution in [1.82, 2.24) is 10.2 Å². The maximum absolute atomic E-state index is 5.29.